The SMILES string of the molecule is C/C=C/Cc1ccc(OCOC)c(-c2cc(C/C=C/C)ccc2OCOC)c1. The van der Waals surface area contributed by atoms with Crippen molar-refractivity contribution in [2.45, 2.75) is 26.7 Å². The molecule has 0 amide bonds. The summed E-state index contributed by atoms with van der Waals surface area (Å²) < 4.78 is 21.9. The fourth-order valence-electron chi connectivity index (χ4n) is 2.83. The minimum Gasteiger partial charge on any atom is -0.467 e. The van der Waals surface area contributed by atoms with Gasteiger partial charge in [-0.1, -0.05) is 36.4 Å². The lowest BCUT2D eigenvalue weighted by molar-refractivity contribution is 0.0500. The van der Waals surface area contributed by atoms with Gasteiger partial charge in [0, 0.05) is 25.3 Å². The van der Waals surface area contributed by atoms with Crippen molar-refractivity contribution < 1.29 is 18.9 Å². The maximum atomic E-state index is 5.84. The Labute approximate surface area is 168 Å². The Morgan fingerprint density at radius 3 is 1.46 bits per heavy atom. The van der Waals surface area contributed by atoms with Crippen molar-refractivity contribution in [3.8, 4) is 22.6 Å². The number of methoxy groups -OCH3 is 2. The van der Waals surface area contributed by atoms with Crippen LogP contribution in [0.3, 0.4) is 0 Å². The molecule has 0 saturated carbocycles. The highest BCUT2D eigenvalue weighted by atomic mass is 16.7. The standard InChI is InChI=1S/C24H30O4/c1-5-7-9-19-11-13-23(27-17-25-3)21(15-19)22-16-20(10-8-6-2)12-14-24(22)28-18-26-4/h5-8,11-16H,9-10,17-18H2,1-4H3/b7-5+,8-6+. The quantitative estimate of drug-likeness (QED) is 0.377. The highest BCUT2D eigenvalue weighted by molar-refractivity contribution is 5.77. The predicted molar refractivity (Wildman–Crippen MR) is 114 cm³/mol. The normalized spacial score (nSPS) is 11.4. The number of hydrogen-bond donors (Lipinski definition) is 0. The van der Waals surface area contributed by atoms with Crippen molar-refractivity contribution in [2.24, 2.45) is 0 Å². The second-order valence-corrected chi connectivity index (χ2v) is 6.31. The van der Waals surface area contributed by atoms with E-state index in [0.717, 1.165) is 35.5 Å². The third kappa shape index (κ3) is 6.25. The lowest BCUT2D eigenvalue weighted by Crippen LogP contribution is -2.03. The largest absolute Gasteiger partial charge is 0.467 e. The Bertz CT molecular complexity index is 726. The fourth-order valence-corrected chi connectivity index (χ4v) is 2.83. The second-order valence-electron chi connectivity index (χ2n) is 6.31. The van der Waals surface area contributed by atoms with Crippen molar-refractivity contribution >= 4 is 0 Å². The molecule has 0 spiro atoms. The van der Waals surface area contributed by atoms with Crippen LogP contribution in [0.1, 0.15) is 25.0 Å². The molecular weight excluding hydrogens is 352 g/mol. The van der Waals surface area contributed by atoms with Crippen LogP contribution in [0, 0.1) is 0 Å². The third-order valence-corrected chi connectivity index (χ3v) is 4.22. The van der Waals surface area contributed by atoms with Crippen LogP contribution >= 0.6 is 0 Å². The summed E-state index contributed by atoms with van der Waals surface area (Å²) in [6.45, 7) is 4.43. The van der Waals surface area contributed by atoms with Crippen LogP contribution in [0.4, 0.5) is 0 Å². The molecule has 2 aromatic rings. The zero-order valence-electron chi connectivity index (χ0n) is 17.2. The van der Waals surface area contributed by atoms with Crippen LogP contribution in [-0.2, 0) is 22.3 Å². The van der Waals surface area contributed by atoms with Gasteiger partial charge in [0.25, 0.3) is 0 Å². The summed E-state index contributed by atoms with van der Waals surface area (Å²) in [5, 5.41) is 0. The molecule has 0 unspecified atom stereocenters. The molecule has 0 bridgehead atoms. The van der Waals surface area contributed by atoms with E-state index in [-0.39, 0.29) is 13.6 Å². The Balaban J connectivity index is 2.55. The van der Waals surface area contributed by atoms with Crippen LogP contribution in [0.25, 0.3) is 11.1 Å². The van der Waals surface area contributed by atoms with E-state index in [1.54, 1.807) is 14.2 Å². The minimum atomic E-state index is 0.188. The van der Waals surface area contributed by atoms with Gasteiger partial charge < -0.3 is 18.9 Å². The van der Waals surface area contributed by atoms with Crippen LogP contribution < -0.4 is 9.47 Å². The van der Waals surface area contributed by atoms with Gasteiger partial charge in [-0.15, -0.1) is 0 Å². The van der Waals surface area contributed by atoms with Gasteiger partial charge in [0.2, 0.25) is 0 Å². The average molecular weight is 383 g/mol. The van der Waals surface area contributed by atoms with Gasteiger partial charge in [-0.3, -0.25) is 0 Å². The van der Waals surface area contributed by atoms with Crippen LogP contribution in [-0.4, -0.2) is 27.8 Å². The topological polar surface area (TPSA) is 36.9 Å². The molecule has 0 aliphatic heterocycles. The van der Waals surface area contributed by atoms with Crippen LogP contribution in [0.2, 0.25) is 0 Å². The predicted octanol–water partition coefficient (Wildman–Crippen LogP) is 5.56. The molecule has 0 aromatic heterocycles. The molecule has 150 valence electrons. The monoisotopic (exact) mass is 382 g/mol. The molecule has 0 aliphatic carbocycles. The van der Waals surface area contributed by atoms with E-state index in [4.69, 9.17) is 18.9 Å². The Morgan fingerprint density at radius 1 is 0.679 bits per heavy atom. The Morgan fingerprint density at radius 2 is 1.11 bits per heavy atom. The number of ether oxygens (including phenoxy) is 4. The Kier molecular flexibility index (Phi) is 9.32. The second kappa shape index (κ2) is 12.0. The van der Waals surface area contributed by atoms with Gasteiger partial charge in [-0.2, -0.15) is 0 Å². The minimum absolute atomic E-state index is 0.188. The third-order valence-electron chi connectivity index (χ3n) is 4.22. The van der Waals surface area contributed by atoms with E-state index in [9.17, 15) is 0 Å². The van der Waals surface area contributed by atoms with E-state index in [0.29, 0.717) is 0 Å². The van der Waals surface area contributed by atoms with Gasteiger partial charge in [-0.25, -0.2) is 0 Å². The summed E-state index contributed by atoms with van der Waals surface area (Å²) in [4.78, 5) is 0. The van der Waals surface area contributed by atoms with Gasteiger partial charge in [0.05, 0.1) is 0 Å². The summed E-state index contributed by atoms with van der Waals surface area (Å²) in [5.74, 6) is 1.52. The molecule has 28 heavy (non-hydrogen) atoms. The molecule has 0 saturated heterocycles. The molecule has 0 fully saturated rings. The number of hydrogen-bond acceptors (Lipinski definition) is 4. The number of rotatable bonds is 11. The average Bonchev–Trinajstić information content (AvgIpc) is 2.73. The summed E-state index contributed by atoms with van der Waals surface area (Å²) in [7, 11) is 3.23. The first kappa shape index (κ1) is 21.7. The molecule has 4 nitrogen and oxygen atoms in total. The lowest BCUT2D eigenvalue weighted by Gasteiger charge is -2.17. The van der Waals surface area contributed by atoms with Gasteiger partial charge in [0.1, 0.15) is 11.5 Å². The molecule has 4 heteroatoms. The van der Waals surface area contributed by atoms with Crippen molar-refractivity contribution in [3.05, 3.63) is 71.8 Å². The number of benzene rings is 2. The first-order valence-corrected chi connectivity index (χ1v) is 9.45. The summed E-state index contributed by atoms with van der Waals surface area (Å²) in [5.41, 5.74) is 4.36. The molecular formula is C24H30O4. The van der Waals surface area contributed by atoms with Gasteiger partial charge in [0.15, 0.2) is 13.6 Å². The zero-order valence-corrected chi connectivity index (χ0v) is 17.2. The summed E-state index contributed by atoms with van der Waals surface area (Å²) in [6, 6.07) is 12.4. The summed E-state index contributed by atoms with van der Waals surface area (Å²) in [6.07, 6.45) is 10.1. The van der Waals surface area contributed by atoms with Crippen molar-refractivity contribution in [2.75, 3.05) is 27.8 Å². The van der Waals surface area contributed by atoms with E-state index in [1.807, 2.05) is 26.0 Å². The molecule has 0 N–H and O–H groups in total. The van der Waals surface area contributed by atoms with Crippen molar-refractivity contribution in [3.63, 3.8) is 0 Å². The zero-order chi connectivity index (χ0) is 20.2. The molecule has 0 radical (unpaired) electrons. The first-order chi connectivity index (χ1) is 13.7. The molecule has 2 rings (SSSR count). The molecule has 2 aromatic carbocycles. The molecule has 0 heterocycles. The van der Waals surface area contributed by atoms with Crippen molar-refractivity contribution in [1.29, 1.82) is 0 Å². The van der Waals surface area contributed by atoms with E-state index >= 15 is 0 Å². The van der Waals surface area contributed by atoms with Crippen molar-refractivity contribution in [1.82, 2.24) is 0 Å². The molecule has 0 atom stereocenters. The Hall–Kier alpha value is -2.56. The highest BCUT2D eigenvalue weighted by Gasteiger charge is 2.14. The smallest absolute Gasteiger partial charge is 0.188 e. The fraction of sp³-hybridized carbons (Fsp3) is 0.333. The summed E-state index contributed by atoms with van der Waals surface area (Å²) >= 11 is 0. The maximum Gasteiger partial charge on any atom is 0.188 e. The lowest BCUT2D eigenvalue weighted by atomic mass is 9.97. The number of allylic oxidation sites excluding steroid dienone is 4. The van der Waals surface area contributed by atoms with E-state index in [1.165, 1.54) is 11.1 Å². The van der Waals surface area contributed by atoms with Gasteiger partial charge >= 0.3 is 0 Å². The van der Waals surface area contributed by atoms with E-state index in [2.05, 4.69) is 48.6 Å². The highest BCUT2D eigenvalue weighted by Crippen LogP contribution is 2.38. The van der Waals surface area contributed by atoms with Crippen LogP contribution in [0.5, 0.6) is 11.5 Å². The first-order valence-electron chi connectivity index (χ1n) is 9.45. The maximum absolute atomic E-state index is 5.84. The van der Waals surface area contributed by atoms with E-state index < -0.39 is 0 Å². The van der Waals surface area contributed by atoms with Gasteiger partial charge in [-0.05, 0) is 62.1 Å². The van der Waals surface area contributed by atoms with Crippen LogP contribution in [0.15, 0.2) is 60.7 Å². The molecule has 0 aliphatic rings.